The van der Waals surface area contributed by atoms with Crippen LogP contribution in [0.4, 0.5) is 0 Å². The number of hydrogen-bond acceptors (Lipinski definition) is 4. The summed E-state index contributed by atoms with van der Waals surface area (Å²) in [6.45, 7) is 2.71. The number of ether oxygens (including phenoxy) is 2. The van der Waals surface area contributed by atoms with Crippen LogP contribution >= 0.6 is 0 Å². The minimum Gasteiger partial charge on any atom is -0.497 e. The fourth-order valence-corrected chi connectivity index (χ4v) is 2.63. The first kappa shape index (κ1) is 15.3. The van der Waals surface area contributed by atoms with Crippen molar-refractivity contribution in [1.29, 1.82) is 0 Å². The molecule has 0 bridgehead atoms. The number of rotatable bonds is 6. The summed E-state index contributed by atoms with van der Waals surface area (Å²) in [6.07, 6.45) is 2.22. The van der Waals surface area contributed by atoms with Crippen molar-refractivity contribution in [3.63, 3.8) is 0 Å². The van der Waals surface area contributed by atoms with Gasteiger partial charge >= 0.3 is 0 Å². The van der Waals surface area contributed by atoms with E-state index in [0.717, 1.165) is 38.3 Å². The number of nitrogens with zero attached hydrogens (tertiary/aromatic N) is 1. The minimum absolute atomic E-state index is 0.355. The van der Waals surface area contributed by atoms with Crippen LogP contribution in [0, 0.1) is 0 Å². The zero-order valence-corrected chi connectivity index (χ0v) is 12.8. The maximum atomic E-state index is 5.40. The van der Waals surface area contributed by atoms with E-state index in [1.165, 1.54) is 5.56 Å². The van der Waals surface area contributed by atoms with E-state index in [2.05, 4.69) is 42.5 Å². The summed E-state index contributed by atoms with van der Waals surface area (Å²) in [6, 6.07) is 9.26. The lowest BCUT2D eigenvalue weighted by Gasteiger charge is -2.29. The molecule has 1 unspecified atom stereocenters. The molecule has 4 heteroatoms. The van der Waals surface area contributed by atoms with E-state index in [9.17, 15) is 0 Å². The number of methoxy groups -OCH3 is 1. The predicted molar refractivity (Wildman–Crippen MR) is 81.3 cm³/mol. The van der Waals surface area contributed by atoms with E-state index >= 15 is 0 Å². The summed E-state index contributed by atoms with van der Waals surface area (Å²) in [5, 5.41) is 3.68. The summed E-state index contributed by atoms with van der Waals surface area (Å²) in [7, 11) is 5.95. The molecule has 1 aromatic carbocycles. The van der Waals surface area contributed by atoms with Gasteiger partial charge in [0.15, 0.2) is 0 Å². The van der Waals surface area contributed by atoms with Crippen LogP contribution in [-0.2, 0) is 4.74 Å². The van der Waals surface area contributed by atoms with Gasteiger partial charge < -0.3 is 19.7 Å². The molecule has 1 aliphatic rings. The molecule has 0 aromatic heterocycles. The van der Waals surface area contributed by atoms with Crippen molar-refractivity contribution in [2.24, 2.45) is 0 Å². The van der Waals surface area contributed by atoms with Crippen LogP contribution in [-0.4, -0.2) is 51.9 Å². The second-order valence-corrected chi connectivity index (χ2v) is 5.55. The average molecular weight is 278 g/mol. The van der Waals surface area contributed by atoms with Gasteiger partial charge in [-0.15, -0.1) is 0 Å². The monoisotopic (exact) mass is 278 g/mol. The molecule has 1 saturated heterocycles. The minimum atomic E-state index is 0.355. The van der Waals surface area contributed by atoms with Crippen LogP contribution in [0.1, 0.15) is 24.4 Å². The van der Waals surface area contributed by atoms with E-state index in [-0.39, 0.29) is 0 Å². The van der Waals surface area contributed by atoms with E-state index < -0.39 is 0 Å². The van der Waals surface area contributed by atoms with Crippen LogP contribution in [0.25, 0.3) is 0 Å². The summed E-state index contributed by atoms with van der Waals surface area (Å²) < 4.78 is 10.7. The standard InChI is InChI=1S/C16H26N2O2/c1-18(2)16(12-17-14-7-9-20-10-8-14)13-5-4-6-15(11-13)19-3/h4-6,11,14,16-17H,7-10,12H2,1-3H3. The van der Waals surface area contributed by atoms with Gasteiger partial charge in [0.05, 0.1) is 7.11 Å². The third kappa shape index (κ3) is 4.20. The Morgan fingerprint density at radius 1 is 1.35 bits per heavy atom. The van der Waals surface area contributed by atoms with E-state index in [1.807, 2.05) is 6.07 Å². The van der Waals surface area contributed by atoms with Crippen LogP contribution in [0.2, 0.25) is 0 Å². The summed E-state index contributed by atoms with van der Waals surface area (Å²) in [5.41, 5.74) is 1.29. The van der Waals surface area contributed by atoms with Gasteiger partial charge in [-0.25, -0.2) is 0 Å². The highest BCUT2D eigenvalue weighted by atomic mass is 16.5. The highest BCUT2D eigenvalue weighted by Crippen LogP contribution is 2.22. The topological polar surface area (TPSA) is 33.7 Å². The molecule has 112 valence electrons. The first-order valence-electron chi connectivity index (χ1n) is 7.32. The Balaban J connectivity index is 1.98. The lowest BCUT2D eigenvalue weighted by Crippen LogP contribution is -2.40. The van der Waals surface area contributed by atoms with Gasteiger partial charge in [-0.3, -0.25) is 0 Å². The highest BCUT2D eigenvalue weighted by Gasteiger charge is 2.18. The second-order valence-electron chi connectivity index (χ2n) is 5.55. The molecule has 1 aromatic rings. The summed E-state index contributed by atoms with van der Waals surface area (Å²) in [4.78, 5) is 2.25. The molecule has 1 fully saturated rings. The number of hydrogen-bond donors (Lipinski definition) is 1. The number of benzene rings is 1. The Bertz CT molecular complexity index is 403. The molecule has 2 rings (SSSR count). The highest BCUT2D eigenvalue weighted by molar-refractivity contribution is 5.30. The lowest BCUT2D eigenvalue weighted by molar-refractivity contribution is 0.0760. The Morgan fingerprint density at radius 2 is 2.10 bits per heavy atom. The molecular weight excluding hydrogens is 252 g/mol. The fraction of sp³-hybridized carbons (Fsp3) is 0.625. The van der Waals surface area contributed by atoms with Crippen molar-refractivity contribution in [3.05, 3.63) is 29.8 Å². The Labute approximate surface area is 122 Å². The van der Waals surface area contributed by atoms with Crippen molar-refractivity contribution in [1.82, 2.24) is 10.2 Å². The zero-order chi connectivity index (χ0) is 14.4. The predicted octanol–water partition coefficient (Wildman–Crippen LogP) is 2.07. The van der Waals surface area contributed by atoms with Crippen molar-refractivity contribution in [2.75, 3.05) is 41.0 Å². The van der Waals surface area contributed by atoms with E-state index in [1.54, 1.807) is 7.11 Å². The van der Waals surface area contributed by atoms with Gasteiger partial charge in [0, 0.05) is 31.8 Å². The molecule has 4 nitrogen and oxygen atoms in total. The number of nitrogens with one attached hydrogen (secondary N) is 1. The maximum absolute atomic E-state index is 5.40. The molecule has 0 radical (unpaired) electrons. The Kier molecular flexibility index (Phi) is 5.83. The maximum Gasteiger partial charge on any atom is 0.119 e. The molecule has 1 N–H and O–H groups in total. The normalized spacial score (nSPS) is 18.2. The van der Waals surface area contributed by atoms with Crippen molar-refractivity contribution < 1.29 is 9.47 Å². The Morgan fingerprint density at radius 3 is 2.75 bits per heavy atom. The van der Waals surface area contributed by atoms with Gasteiger partial charge in [0.1, 0.15) is 5.75 Å². The van der Waals surface area contributed by atoms with E-state index in [4.69, 9.17) is 9.47 Å². The van der Waals surface area contributed by atoms with Crippen LogP contribution in [0.3, 0.4) is 0 Å². The molecule has 0 saturated carbocycles. The molecule has 20 heavy (non-hydrogen) atoms. The van der Waals surface area contributed by atoms with Gasteiger partial charge in [-0.05, 0) is 44.6 Å². The van der Waals surface area contributed by atoms with Crippen molar-refractivity contribution in [2.45, 2.75) is 24.9 Å². The van der Waals surface area contributed by atoms with Crippen LogP contribution < -0.4 is 10.1 Å². The molecule has 1 atom stereocenters. The second kappa shape index (κ2) is 7.62. The molecule has 0 aliphatic carbocycles. The first-order chi connectivity index (χ1) is 9.70. The average Bonchev–Trinajstić information content (AvgIpc) is 2.48. The molecular formula is C16H26N2O2. The quantitative estimate of drug-likeness (QED) is 0.863. The molecule has 1 aliphatic heterocycles. The SMILES string of the molecule is COc1cccc(C(CNC2CCOCC2)N(C)C)c1. The molecule has 0 amide bonds. The third-order valence-corrected chi connectivity index (χ3v) is 3.92. The smallest absolute Gasteiger partial charge is 0.119 e. The lowest BCUT2D eigenvalue weighted by atomic mass is 10.0. The van der Waals surface area contributed by atoms with Gasteiger partial charge in [0.2, 0.25) is 0 Å². The van der Waals surface area contributed by atoms with Crippen molar-refractivity contribution in [3.8, 4) is 5.75 Å². The van der Waals surface area contributed by atoms with Crippen molar-refractivity contribution >= 4 is 0 Å². The summed E-state index contributed by atoms with van der Waals surface area (Å²) in [5.74, 6) is 0.917. The van der Waals surface area contributed by atoms with Gasteiger partial charge in [0.25, 0.3) is 0 Å². The fourth-order valence-electron chi connectivity index (χ4n) is 2.63. The Hall–Kier alpha value is -1.10. The number of likely N-dealkylation sites (N-methyl/N-ethyl adjacent to an activating group) is 1. The third-order valence-electron chi connectivity index (χ3n) is 3.92. The molecule has 1 heterocycles. The first-order valence-corrected chi connectivity index (χ1v) is 7.32. The van der Waals surface area contributed by atoms with Crippen LogP contribution in [0.5, 0.6) is 5.75 Å². The molecule has 0 spiro atoms. The van der Waals surface area contributed by atoms with Crippen LogP contribution in [0.15, 0.2) is 24.3 Å². The van der Waals surface area contributed by atoms with Gasteiger partial charge in [-0.1, -0.05) is 12.1 Å². The van der Waals surface area contributed by atoms with Gasteiger partial charge in [-0.2, -0.15) is 0 Å². The summed E-state index contributed by atoms with van der Waals surface area (Å²) >= 11 is 0. The van der Waals surface area contributed by atoms with E-state index in [0.29, 0.717) is 12.1 Å². The largest absolute Gasteiger partial charge is 0.497 e. The zero-order valence-electron chi connectivity index (χ0n) is 12.8.